The predicted octanol–water partition coefficient (Wildman–Crippen LogP) is 2.58. The van der Waals surface area contributed by atoms with Gasteiger partial charge in [-0.1, -0.05) is 0 Å². The second-order valence-electron chi connectivity index (χ2n) is 6.80. The zero-order valence-electron chi connectivity index (χ0n) is 16.7. The average molecular weight is 495 g/mol. The van der Waals surface area contributed by atoms with E-state index in [4.69, 9.17) is 4.74 Å². The highest BCUT2D eigenvalue weighted by Gasteiger charge is 2.21. The lowest BCUT2D eigenvalue weighted by molar-refractivity contribution is -0.0679. The largest absolute Gasteiger partial charge is 0.373 e. The van der Waals surface area contributed by atoms with Crippen LogP contribution in [0.15, 0.2) is 4.99 Å². The summed E-state index contributed by atoms with van der Waals surface area (Å²) in [4.78, 5) is 12.7. The second-order valence-corrected chi connectivity index (χ2v) is 8.08. The predicted molar refractivity (Wildman–Crippen MR) is 121 cm³/mol. The number of hydrogen-bond donors (Lipinski definition) is 2. The van der Waals surface area contributed by atoms with Crippen LogP contribution in [0.25, 0.3) is 0 Å². The monoisotopic (exact) mass is 495 g/mol. The molecule has 26 heavy (non-hydrogen) atoms. The summed E-state index contributed by atoms with van der Waals surface area (Å²) < 4.78 is 5.78. The fourth-order valence-electron chi connectivity index (χ4n) is 3.13. The fourth-order valence-corrected chi connectivity index (χ4v) is 4.06. The first-order valence-corrected chi connectivity index (χ1v) is 10.0. The standard InChI is InChI=1S/C18H33N5OS.HI/c1-13-11-23(12-14(2)24-13)10-6-8-20-18(19-5)21-9-7-17-22-15(3)16(4)25-17;/h13-14H,6-12H2,1-5H3,(H2,19,20,21);1H. The summed E-state index contributed by atoms with van der Waals surface area (Å²) in [6, 6.07) is 0. The number of halogens is 1. The van der Waals surface area contributed by atoms with E-state index in [2.05, 4.69) is 53.2 Å². The van der Waals surface area contributed by atoms with Crippen LogP contribution in [0.1, 0.15) is 35.8 Å². The number of morpholine rings is 1. The third-order valence-corrected chi connectivity index (χ3v) is 5.50. The summed E-state index contributed by atoms with van der Waals surface area (Å²) in [5.41, 5.74) is 1.15. The summed E-state index contributed by atoms with van der Waals surface area (Å²) >= 11 is 1.78. The van der Waals surface area contributed by atoms with Crippen LogP contribution in [0.2, 0.25) is 0 Å². The van der Waals surface area contributed by atoms with Crippen LogP contribution in [0.5, 0.6) is 0 Å². The summed E-state index contributed by atoms with van der Waals surface area (Å²) in [5, 5.41) is 7.96. The van der Waals surface area contributed by atoms with Crippen molar-refractivity contribution in [2.24, 2.45) is 4.99 Å². The third-order valence-electron chi connectivity index (χ3n) is 4.37. The highest BCUT2D eigenvalue weighted by molar-refractivity contribution is 14.0. The first-order chi connectivity index (χ1) is 12.0. The number of ether oxygens (including phenoxy) is 1. The van der Waals surface area contributed by atoms with Crippen molar-refractivity contribution in [3.63, 3.8) is 0 Å². The third kappa shape index (κ3) is 8.06. The molecular weight excluding hydrogens is 461 g/mol. The summed E-state index contributed by atoms with van der Waals surface area (Å²) in [7, 11) is 1.82. The Bertz CT molecular complexity index is 536. The molecule has 1 aliphatic heterocycles. The van der Waals surface area contributed by atoms with E-state index in [-0.39, 0.29) is 24.0 Å². The molecule has 1 aromatic rings. The van der Waals surface area contributed by atoms with Gasteiger partial charge < -0.3 is 15.4 Å². The maximum Gasteiger partial charge on any atom is 0.190 e. The smallest absolute Gasteiger partial charge is 0.190 e. The first-order valence-electron chi connectivity index (χ1n) is 9.23. The lowest BCUT2D eigenvalue weighted by atomic mass is 10.2. The second kappa shape index (κ2) is 12.1. The number of aromatic nitrogens is 1. The molecule has 8 heteroatoms. The van der Waals surface area contributed by atoms with Crippen LogP contribution in [0.3, 0.4) is 0 Å². The molecule has 2 atom stereocenters. The minimum absolute atomic E-state index is 0. The Balaban J connectivity index is 0.00000338. The number of hydrogen-bond acceptors (Lipinski definition) is 5. The first kappa shape index (κ1) is 23.6. The Morgan fingerprint density at radius 1 is 1.23 bits per heavy atom. The number of aryl methyl sites for hydroxylation is 2. The van der Waals surface area contributed by atoms with Gasteiger partial charge in [-0.05, 0) is 34.1 Å². The van der Waals surface area contributed by atoms with Crippen molar-refractivity contribution >= 4 is 41.3 Å². The molecule has 0 spiro atoms. The molecule has 2 heterocycles. The van der Waals surface area contributed by atoms with Crippen LogP contribution >= 0.6 is 35.3 Å². The molecule has 2 rings (SSSR count). The summed E-state index contributed by atoms with van der Waals surface area (Å²) in [5.74, 6) is 0.869. The number of thiazole rings is 1. The Kier molecular flexibility index (Phi) is 11.0. The molecule has 0 aliphatic carbocycles. The zero-order valence-corrected chi connectivity index (χ0v) is 19.8. The van der Waals surface area contributed by atoms with Gasteiger partial charge in [0, 0.05) is 51.1 Å². The number of guanidine groups is 1. The van der Waals surface area contributed by atoms with Gasteiger partial charge in [0.05, 0.1) is 22.9 Å². The highest BCUT2D eigenvalue weighted by atomic mass is 127. The van der Waals surface area contributed by atoms with Crippen molar-refractivity contribution in [2.75, 3.05) is 39.8 Å². The van der Waals surface area contributed by atoms with Crippen LogP contribution in [0.4, 0.5) is 0 Å². The lowest BCUT2D eigenvalue weighted by Gasteiger charge is -2.35. The molecule has 6 nitrogen and oxygen atoms in total. The SMILES string of the molecule is CN=C(NCCCN1CC(C)OC(C)C1)NCCc1nc(C)c(C)s1.I. The van der Waals surface area contributed by atoms with Crippen molar-refractivity contribution in [1.29, 1.82) is 0 Å². The molecular formula is C18H34IN5OS. The molecule has 0 aromatic carbocycles. The van der Waals surface area contributed by atoms with Gasteiger partial charge in [0.2, 0.25) is 0 Å². The Morgan fingerprint density at radius 3 is 2.46 bits per heavy atom. The molecule has 1 saturated heterocycles. The van der Waals surface area contributed by atoms with E-state index in [0.717, 1.165) is 57.2 Å². The maximum atomic E-state index is 5.78. The van der Waals surface area contributed by atoms with Crippen LogP contribution in [-0.4, -0.2) is 67.8 Å². The van der Waals surface area contributed by atoms with Crippen molar-refractivity contribution < 1.29 is 4.74 Å². The van der Waals surface area contributed by atoms with Gasteiger partial charge >= 0.3 is 0 Å². The molecule has 0 amide bonds. The molecule has 1 fully saturated rings. The van der Waals surface area contributed by atoms with Gasteiger partial charge in [0.25, 0.3) is 0 Å². The van der Waals surface area contributed by atoms with Crippen molar-refractivity contribution in [2.45, 2.75) is 52.7 Å². The highest BCUT2D eigenvalue weighted by Crippen LogP contribution is 2.16. The molecule has 0 saturated carbocycles. The van der Waals surface area contributed by atoms with Gasteiger partial charge in [-0.3, -0.25) is 9.89 Å². The number of nitrogens with zero attached hydrogens (tertiary/aromatic N) is 3. The van der Waals surface area contributed by atoms with Crippen molar-refractivity contribution in [1.82, 2.24) is 20.5 Å². The lowest BCUT2D eigenvalue weighted by Crippen LogP contribution is -2.46. The van der Waals surface area contributed by atoms with Crippen LogP contribution in [-0.2, 0) is 11.2 Å². The minimum atomic E-state index is 0. The molecule has 1 aromatic heterocycles. The van der Waals surface area contributed by atoms with E-state index in [1.54, 1.807) is 11.3 Å². The fraction of sp³-hybridized carbons (Fsp3) is 0.778. The van der Waals surface area contributed by atoms with Gasteiger partial charge in [-0.2, -0.15) is 0 Å². The van der Waals surface area contributed by atoms with E-state index in [1.165, 1.54) is 9.88 Å². The van der Waals surface area contributed by atoms with E-state index >= 15 is 0 Å². The average Bonchev–Trinajstić information content (AvgIpc) is 2.87. The van der Waals surface area contributed by atoms with E-state index in [1.807, 2.05) is 7.05 Å². The number of nitrogens with one attached hydrogen (secondary N) is 2. The molecule has 0 bridgehead atoms. The molecule has 150 valence electrons. The van der Waals surface area contributed by atoms with Gasteiger partial charge in [-0.15, -0.1) is 35.3 Å². The van der Waals surface area contributed by atoms with Gasteiger partial charge in [0.15, 0.2) is 5.96 Å². The van der Waals surface area contributed by atoms with E-state index in [0.29, 0.717) is 12.2 Å². The Hall–Kier alpha value is -0.450. The molecule has 2 unspecified atom stereocenters. The zero-order chi connectivity index (χ0) is 18.2. The summed E-state index contributed by atoms with van der Waals surface area (Å²) in [6.07, 6.45) is 2.71. The molecule has 2 N–H and O–H groups in total. The number of aliphatic imine (C=N–C) groups is 1. The van der Waals surface area contributed by atoms with Crippen LogP contribution < -0.4 is 10.6 Å². The van der Waals surface area contributed by atoms with Gasteiger partial charge in [-0.25, -0.2) is 4.98 Å². The van der Waals surface area contributed by atoms with Crippen molar-refractivity contribution in [3.05, 3.63) is 15.6 Å². The van der Waals surface area contributed by atoms with Crippen LogP contribution in [0, 0.1) is 13.8 Å². The molecule has 0 radical (unpaired) electrons. The number of rotatable bonds is 7. The normalized spacial score (nSPS) is 21.3. The molecule has 1 aliphatic rings. The minimum Gasteiger partial charge on any atom is -0.373 e. The Morgan fingerprint density at radius 2 is 1.88 bits per heavy atom. The Labute approximate surface area is 179 Å². The quantitative estimate of drug-likeness (QED) is 0.264. The maximum absolute atomic E-state index is 5.78. The van der Waals surface area contributed by atoms with Crippen molar-refractivity contribution in [3.8, 4) is 0 Å². The topological polar surface area (TPSA) is 61.8 Å². The summed E-state index contributed by atoms with van der Waals surface area (Å²) in [6.45, 7) is 13.4. The van der Waals surface area contributed by atoms with E-state index < -0.39 is 0 Å². The van der Waals surface area contributed by atoms with Gasteiger partial charge in [0.1, 0.15) is 0 Å². The van der Waals surface area contributed by atoms with E-state index in [9.17, 15) is 0 Å².